The van der Waals surface area contributed by atoms with Crippen molar-refractivity contribution in [3.8, 4) is 0 Å². The SMILES string of the molecule is CCCC(C)C(O)CC=C[C@H]1CCC(=O)[C@@H]1CCCCCCC(=O)CO. The lowest BCUT2D eigenvalue weighted by Gasteiger charge is -2.17. The van der Waals surface area contributed by atoms with Gasteiger partial charge in [-0.05, 0) is 43.9 Å². The van der Waals surface area contributed by atoms with Crippen molar-refractivity contribution in [1.82, 2.24) is 0 Å². The van der Waals surface area contributed by atoms with E-state index in [-0.39, 0.29) is 24.4 Å². The molecule has 150 valence electrons. The van der Waals surface area contributed by atoms with Gasteiger partial charge in [0, 0.05) is 18.8 Å². The standard InChI is InChI=1S/C22H38O4/c1-3-9-17(2)21(25)13-8-10-18-14-15-22(26)20(18)12-7-5-4-6-11-19(24)16-23/h8,10,17-18,20-21,23,25H,3-7,9,11-16H2,1-2H3/t17?,18-,20+,21?/m0/s1. The molecule has 0 aromatic rings. The third-order valence-electron chi connectivity index (χ3n) is 5.71. The molecule has 2 N–H and O–H groups in total. The Balaban J connectivity index is 2.29. The van der Waals surface area contributed by atoms with Crippen LogP contribution >= 0.6 is 0 Å². The molecule has 0 aromatic heterocycles. The first-order valence-corrected chi connectivity index (χ1v) is 10.5. The predicted molar refractivity (Wildman–Crippen MR) is 105 cm³/mol. The summed E-state index contributed by atoms with van der Waals surface area (Å²) >= 11 is 0. The second kappa shape index (κ2) is 13.2. The number of carbonyl (C=O) groups is 2. The van der Waals surface area contributed by atoms with Crippen molar-refractivity contribution in [2.24, 2.45) is 17.8 Å². The molecule has 4 atom stereocenters. The number of allylic oxidation sites excluding steroid dienone is 1. The zero-order valence-electron chi connectivity index (χ0n) is 16.7. The molecule has 0 aliphatic heterocycles. The Hall–Kier alpha value is -1.00. The normalized spacial score (nSPS) is 22.8. The third kappa shape index (κ3) is 8.59. The third-order valence-corrected chi connectivity index (χ3v) is 5.71. The van der Waals surface area contributed by atoms with Crippen LogP contribution in [0.1, 0.15) is 84.5 Å². The highest BCUT2D eigenvalue weighted by atomic mass is 16.3. The van der Waals surface area contributed by atoms with E-state index in [1.807, 2.05) is 0 Å². The maximum Gasteiger partial charge on any atom is 0.158 e. The summed E-state index contributed by atoms with van der Waals surface area (Å²) in [6, 6.07) is 0. The zero-order chi connectivity index (χ0) is 19.4. The Bertz CT molecular complexity index is 443. The number of unbranched alkanes of at least 4 members (excludes halogenated alkanes) is 3. The molecule has 0 spiro atoms. The van der Waals surface area contributed by atoms with Gasteiger partial charge in [-0.2, -0.15) is 0 Å². The topological polar surface area (TPSA) is 74.6 Å². The molecule has 0 saturated heterocycles. The van der Waals surface area contributed by atoms with Crippen molar-refractivity contribution in [3.63, 3.8) is 0 Å². The number of aliphatic hydroxyl groups excluding tert-OH is 2. The van der Waals surface area contributed by atoms with Gasteiger partial charge in [0.05, 0.1) is 6.10 Å². The molecule has 1 saturated carbocycles. The van der Waals surface area contributed by atoms with Crippen LogP contribution in [0.2, 0.25) is 0 Å². The van der Waals surface area contributed by atoms with Crippen molar-refractivity contribution in [3.05, 3.63) is 12.2 Å². The van der Waals surface area contributed by atoms with Crippen LogP contribution in [0.4, 0.5) is 0 Å². The van der Waals surface area contributed by atoms with Crippen molar-refractivity contribution in [2.75, 3.05) is 6.61 Å². The van der Waals surface area contributed by atoms with Crippen LogP contribution in [0.3, 0.4) is 0 Å². The van der Waals surface area contributed by atoms with Crippen molar-refractivity contribution >= 4 is 11.6 Å². The van der Waals surface area contributed by atoms with E-state index in [1.54, 1.807) is 0 Å². The highest BCUT2D eigenvalue weighted by Gasteiger charge is 2.32. The van der Waals surface area contributed by atoms with Crippen LogP contribution in [0, 0.1) is 17.8 Å². The summed E-state index contributed by atoms with van der Waals surface area (Å²) in [6.45, 7) is 3.88. The first kappa shape index (κ1) is 23.0. The fraction of sp³-hybridized carbons (Fsp3) is 0.818. The smallest absolute Gasteiger partial charge is 0.158 e. The predicted octanol–water partition coefficient (Wildman–Crippen LogP) is 4.23. The average Bonchev–Trinajstić information content (AvgIpc) is 2.97. The first-order chi connectivity index (χ1) is 12.5. The minimum Gasteiger partial charge on any atom is -0.393 e. The quantitative estimate of drug-likeness (QED) is 0.356. The molecule has 0 radical (unpaired) electrons. The van der Waals surface area contributed by atoms with Gasteiger partial charge in [0.2, 0.25) is 0 Å². The lowest BCUT2D eigenvalue weighted by atomic mass is 9.89. The number of hydrogen-bond donors (Lipinski definition) is 2. The van der Waals surface area contributed by atoms with Crippen molar-refractivity contribution in [1.29, 1.82) is 0 Å². The number of carbonyl (C=O) groups excluding carboxylic acids is 2. The van der Waals surface area contributed by atoms with Gasteiger partial charge in [0.15, 0.2) is 5.78 Å². The van der Waals surface area contributed by atoms with E-state index in [0.29, 0.717) is 36.9 Å². The van der Waals surface area contributed by atoms with Gasteiger partial charge < -0.3 is 10.2 Å². The van der Waals surface area contributed by atoms with Crippen LogP contribution in [0.25, 0.3) is 0 Å². The number of hydrogen-bond acceptors (Lipinski definition) is 4. The van der Waals surface area contributed by atoms with Gasteiger partial charge in [-0.15, -0.1) is 0 Å². The van der Waals surface area contributed by atoms with E-state index in [4.69, 9.17) is 5.11 Å². The number of aliphatic hydroxyl groups is 2. The summed E-state index contributed by atoms with van der Waals surface area (Å²) in [6.07, 6.45) is 13.6. The van der Waals surface area contributed by atoms with Crippen LogP contribution < -0.4 is 0 Å². The number of rotatable bonds is 14. The lowest BCUT2D eigenvalue weighted by molar-refractivity contribution is -0.122. The van der Waals surface area contributed by atoms with E-state index in [0.717, 1.165) is 51.4 Å². The Morgan fingerprint density at radius 2 is 2.00 bits per heavy atom. The van der Waals surface area contributed by atoms with Gasteiger partial charge in [-0.25, -0.2) is 0 Å². The van der Waals surface area contributed by atoms with Gasteiger partial charge in [0.1, 0.15) is 12.4 Å². The molecule has 0 amide bonds. The second-order valence-electron chi connectivity index (χ2n) is 7.92. The van der Waals surface area contributed by atoms with Crippen LogP contribution in [-0.4, -0.2) is 34.5 Å². The van der Waals surface area contributed by atoms with Gasteiger partial charge in [-0.1, -0.05) is 51.7 Å². The largest absolute Gasteiger partial charge is 0.393 e. The Morgan fingerprint density at radius 3 is 2.69 bits per heavy atom. The minimum absolute atomic E-state index is 0.0865. The summed E-state index contributed by atoms with van der Waals surface area (Å²) in [7, 11) is 0. The first-order valence-electron chi connectivity index (χ1n) is 10.5. The van der Waals surface area contributed by atoms with Crippen molar-refractivity contribution in [2.45, 2.75) is 90.6 Å². The summed E-state index contributed by atoms with van der Waals surface area (Å²) < 4.78 is 0. The maximum atomic E-state index is 12.2. The molecular formula is C22H38O4. The van der Waals surface area contributed by atoms with Gasteiger partial charge in [0.25, 0.3) is 0 Å². The fourth-order valence-corrected chi connectivity index (χ4v) is 3.93. The van der Waals surface area contributed by atoms with Crippen LogP contribution in [0.5, 0.6) is 0 Å². The van der Waals surface area contributed by atoms with E-state index >= 15 is 0 Å². The summed E-state index contributed by atoms with van der Waals surface area (Å²) in [5, 5.41) is 18.9. The van der Waals surface area contributed by atoms with Gasteiger partial charge >= 0.3 is 0 Å². The van der Waals surface area contributed by atoms with E-state index in [1.165, 1.54) is 0 Å². The molecule has 1 aliphatic rings. The van der Waals surface area contributed by atoms with E-state index in [2.05, 4.69) is 26.0 Å². The second-order valence-corrected chi connectivity index (χ2v) is 7.92. The number of Topliss-reactive ketones (excluding diaryl/α,β-unsaturated/α-hetero) is 2. The Labute approximate surface area is 159 Å². The summed E-state index contributed by atoms with van der Waals surface area (Å²) in [5.74, 6) is 1.08. The van der Waals surface area contributed by atoms with Crippen LogP contribution in [-0.2, 0) is 9.59 Å². The molecule has 1 aliphatic carbocycles. The van der Waals surface area contributed by atoms with E-state index in [9.17, 15) is 14.7 Å². The molecule has 2 unspecified atom stereocenters. The molecule has 0 aromatic carbocycles. The molecule has 0 heterocycles. The molecule has 1 rings (SSSR count). The average molecular weight is 367 g/mol. The number of ketones is 2. The van der Waals surface area contributed by atoms with Gasteiger partial charge in [-0.3, -0.25) is 9.59 Å². The minimum atomic E-state index is -0.351. The van der Waals surface area contributed by atoms with Crippen LogP contribution in [0.15, 0.2) is 12.2 Å². The van der Waals surface area contributed by atoms with E-state index < -0.39 is 0 Å². The van der Waals surface area contributed by atoms with Crippen molar-refractivity contribution < 1.29 is 19.8 Å². The monoisotopic (exact) mass is 366 g/mol. The summed E-state index contributed by atoms with van der Waals surface area (Å²) in [5.41, 5.74) is 0. The maximum absolute atomic E-state index is 12.2. The molecule has 4 heteroatoms. The molecular weight excluding hydrogens is 328 g/mol. The highest BCUT2D eigenvalue weighted by Crippen LogP contribution is 2.34. The Kier molecular flexibility index (Phi) is 11.7. The zero-order valence-corrected chi connectivity index (χ0v) is 16.7. The molecule has 0 bridgehead atoms. The Morgan fingerprint density at radius 1 is 1.27 bits per heavy atom. The molecule has 26 heavy (non-hydrogen) atoms. The summed E-state index contributed by atoms with van der Waals surface area (Å²) in [4.78, 5) is 23.2. The highest BCUT2D eigenvalue weighted by molar-refractivity contribution is 5.83. The lowest BCUT2D eigenvalue weighted by Crippen LogP contribution is -2.17. The molecule has 4 nitrogen and oxygen atoms in total. The molecule has 1 fully saturated rings. The fourth-order valence-electron chi connectivity index (χ4n) is 3.93.